The molecule has 0 radical (unpaired) electrons. The third-order valence-electron chi connectivity index (χ3n) is 5.39. The van der Waals surface area contributed by atoms with E-state index in [1.54, 1.807) is 23.5 Å². The smallest absolute Gasteiger partial charge is 0.258 e. The Hall–Kier alpha value is -3.05. The molecule has 5 heteroatoms. The first-order chi connectivity index (χ1) is 13.6. The van der Waals surface area contributed by atoms with Gasteiger partial charge in [-0.25, -0.2) is 4.98 Å². The molecule has 0 unspecified atom stereocenters. The molecule has 2 aromatic heterocycles. The molecule has 0 aliphatic heterocycles. The second-order valence-electron chi connectivity index (χ2n) is 7.27. The molecule has 4 nitrogen and oxygen atoms in total. The van der Waals surface area contributed by atoms with E-state index >= 15 is 0 Å². The number of aromatic nitrogens is 1. The lowest BCUT2D eigenvalue weighted by atomic mass is 9.97. The zero-order valence-corrected chi connectivity index (χ0v) is 16.3. The second kappa shape index (κ2) is 6.53. The molecule has 0 spiro atoms. The van der Waals surface area contributed by atoms with Crippen molar-refractivity contribution >= 4 is 27.2 Å². The average Bonchev–Trinajstić information content (AvgIpc) is 3.29. The number of hydrogen-bond donors (Lipinski definition) is 0. The molecule has 0 saturated carbocycles. The van der Waals surface area contributed by atoms with E-state index in [0.717, 1.165) is 34.5 Å². The molecule has 4 aromatic rings. The zero-order valence-electron chi connectivity index (χ0n) is 15.4. The number of rotatable bonds is 3. The lowest BCUT2D eigenvalue weighted by Crippen LogP contribution is -1.92. The maximum Gasteiger partial charge on any atom is 0.270 e. The number of thiophene rings is 1. The summed E-state index contributed by atoms with van der Waals surface area (Å²) in [6.45, 7) is 2.09. The average molecular weight is 386 g/mol. The predicted octanol–water partition coefficient (Wildman–Crippen LogP) is 6.34. The van der Waals surface area contributed by atoms with Crippen LogP contribution >= 0.6 is 11.3 Å². The summed E-state index contributed by atoms with van der Waals surface area (Å²) < 4.78 is 0. The van der Waals surface area contributed by atoms with Crippen molar-refractivity contribution < 1.29 is 4.92 Å². The maximum atomic E-state index is 11.2. The van der Waals surface area contributed by atoms with Crippen molar-refractivity contribution in [1.29, 1.82) is 0 Å². The monoisotopic (exact) mass is 386 g/mol. The normalized spacial score (nSPS) is 13.0. The van der Waals surface area contributed by atoms with Crippen LogP contribution in [0.4, 0.5) is 5.69 Å². The van der Waals surface area contributed by atoms with Gasteiger partial charge in [0.1, 0.15) is 4.83 Å². The molecule has 1 aliphatic rings. The van der Waals surface area contributed by atoms with Crippen LogP contribution in [0.2, 0.25) is 0 Å². The molecule has 0 saturated heterocycles. The van der Waals surface area contributed by atoms with Crippen molar-refractivity contribution in [3.05, 3.63) is 80.7 Å². The molecule has 0 fully saturated rings. The lowest BCUT2D eigenvalue weighted by Gasteiger charge is -2.10. The van der Waals surface area contributed by atoms with Crippen molar-refractivity contribution in [2.24, 2.45) is 0 Å². The zero-order chi connectivity index (χ0) is 19.3. The van der Waals surface area contributed by atoms with Gasteiger partial charge in [-0.15, -0.1) is 11.3 Å². The van der Waals surface area contributed by atoms with Crippen LogP contribution in [0.25, 0.3) is 32.6 Å². The summed E-state index contributed by atoms with van der Waals surface area (Å²) in [6, 6.07) is 17.4. The van der Waals surface area contributed by atoms with E-state index in [2.05, 4.69) is 37.3 Å². The molecule has 5 rings (SSSR count). The fraction of sp³-hybridized carbons (Fsp3) is 0.174. The summed E-state index contributed by atoms with van der Waals surface area (Å²) in [5, 5.41) is 12.5. The Labute approximate surface area is 166 Å². The second-order valence-corrected chi connectivity index (χ2v) is 8.35. The van der Waals surface area contributed by atoms with Crippen LogP contribution in [0, 0.1) is 17.0 Å². The largest absolute Gasteiger partial charge is 0.270 e. The highest BCUT2D eigenvalue weighted by atomic mass is 32.1. The van der Waals surface area contributed by atoms with Crippen molar-refractivity contribution in [1.82, 2.24) is 4.98 Å². The fourth-order valence-corrected chi connectivity index (χ4v) is 5.27. The Morgan fingerprint density at radius 2 is 1.86 bits per heavy atom. The molecule has 0 N–H and O–H groups in total. The van der Waals surface area contributed by atoms with E-state index in [-0.39, 0.29) is 10.6 Å². The summed E-state index contributed by atoms with van der Waals surface area (Å²) in [5.41, 5.74) is 6.65. The molecule has 2 aromatic carbocycles. The Morgan fingerprint density at radius 3 is 2.64 bits per heavy atom. The van der Waals surface area contributed by atoms with E-state index in [4.69, 9.17) is 4.98 Å². The van der Waals surface area contributed by atoms with Gasteiger partial charge in [0.25, 0.3) is 5.69 Å². The number of hydrogen-bond acceptors (Lipinski definition) is 4. The summed E-state index contributed by atoms with van der Waals surface area (Å²) in [5.74, 6) is 0. The van der Waals surface area contributed by atoms with Crippen molar-refractivity contribution in [3.63, 3.8) is 0 Å². The van der Waals surface area contributed by atoms with Crippen LogP contribution in [0.1, 0.15) is 22.4 Å². The Kier molecular flexibility index (Phi) is 3.98. The Balaban J connectivity index is 1.77. The number of nitro benzene ring substituents is 1. The molecular weight excluding hydrogens is 368 g/mol. The van der Waals surface area contributed by atoms with Gasteiger partial charge >= 0.3 is 0 Å². The van der Waals surface area contributed by atoms with Crippen molar-refractivity contribution in [2.45, 2.75) is 26.2 Å². The SMILES string of the molecule is Cc1ccc(-c2cc(-c3cccc([N+](=O)[O-])c3)nc3sc4c(c23)CCC4)cc1. The van der Waals surface area contributed by atoms with E-state index < -0.39 is 0 Å². The highest BCUT2D eigenvalue weighted by Crippen LogP contribution is 2.43. The standard InChI is InChI=1S/C23H18N2O2S/c1-14-8-10-15(11-9-14)19-13-20(16-4-2-5-17(12-16)25(26)27)24-23-22(19)18-6-3-7-21(18)28-23/h2,4-5,8-13H,3,6-7H2,1H3. The predicted molar refractivity (Wildman–Crippen MR) is 114 cm³/mol. The van der Waals surface area contributed by atoms with Crippen molar-refractivity contribution in [2.75, 3.05) is 0 Å². The van der Waals surface area contributed by atoms with Crippen LogP contribution < -0.4 is 0 Å². The van der Waals surface area contributed by atoms with Gasteiger partial charge in [-0.05, 0) is 48.9 Å². The fourth-order valence-electron chi connectivity index (χ4n) is 3.98. The minimum Gasteiger partial charge on any atom is -0.258 e. The number of benzene rings is 2. The van der Waals surface area contributed by atoms with Gasteiger partial charge in [-0.2, -0.15) is 0 Å². The van der Waals surface area contributed by atoms with E-state index in [1.807, 2.05) is 6.07 Å². The topological polar surface area (TPSA) is 56.0 Å². The number of non-ortho nitro benzene ring substituents is 1. The van der Waals surface area contributed by atoms with Gasteiger partial charge in [0.2, 0.25) is 0 Å². The summed E-state index contributed by atoms with van der Waals surface area (Å²) >= 11 is 1.77. The third-order valence-corrected chi connectivity index (χ3v) is 6.58. The van der Waals surface area contributed by atoms with E-state index in [0.29, 0.717) is 0 Å². The van der Waals surface area contributed by atoms with Crippen molar-refractivity contribution in [3.8, 4) is 22.4 Å². The molecule has 0 atom stereocenters. The van der Waals surface area contributed by atoms with E-state index in [1.165, 1.54) is 39.4 Å². The molecule has 1 aliphatic carbocycles. The lowest BCUT2D eigenvalue weighted by molar-refractivity contribution is -0.384. The van der Waals surface area contributed by atoms with Gasteiger partial charge in [0, 0.05) is 28.0 Å². The van der Waals surface area contributed by atoms with Gasteiger partial charge in [-0.3, -0.25) is 10.1 Å². The minimum atomic E-state index is -0.359. The highest BCUT2D eigenvalue weighted by Gasteiger charge is 2.22. The molecular formula is C23H18N2O2S. The molecule has 138 valence electrons. The number of nitro groups is 1. The van der Waals surface area contributed by atoms with Crippen LogP contribution in [0.5, 0.6) is 0 Å². The summed E-state index contributed by atoms with van der Waals surface area (Å²) in [7, 11) is 0. The number of fused-ring (bicyclic) bond motifs is 3. The van der Waals surface area contributed by atoms with Gasteiger partial charge in [-0.1, -0.05) is 42.0 Å². The molecule has 2 heterocycles. The quantitative estimate of drug-likeness (QED) is 0.305. The van der Waals surface area contributed by atoms with Crippen LogP contribution in [0.3, 0.4) is 0 Å². The van der Waals surface area contributed by atoms with Crippen LogP contribution in [-0.4, -0.2) is 9.91 Å². The summed E-state index contributed by atoms with van der Waals surface area (Å²) in [4.78, 5) is 18.2. The van der Waals surface area contributed by atoms with Gasteiger partial charge < -0.3 is 0 Å². The molecule has 0 bridgehead atoms. The van der Waals surface area contributed by atoms with Crippen LogP contribution in [0.15, 0.2) is 54.6 Å². The molecule has 0 amide bonds. The van der Waals surface area contributed by atoms with Gasteiger partial charge in [0.05, 0.1) is 10.6 Å². The summed E-state index contributed by atoms with van der Waals surface area (Å²) in [6.07, 6.45) is 3.43. The van der Waals surface area contributed by atoms with Gasteiger partial charge in [0.15, 0.2) is 0 Å². The number of pyridine rings is 1. The Bertz CT molecular complexity index is 1230. The van der Waals surface area contributed by atoms with Crippen LogP contribution in [-0.2, 0) is 12.8 Å². The third kappa shape index (κ3) is 2.79. The first-order valence-corrected chi connectivity index (χ1v) is 10.2. The minimum absolute atomic E-state index is 0.0879. The molecule has 28 heavy (non-hydrogen) atoms. The maximum absolute atomic E-state index is 11.2. The Morgan fingerprint density at radius 1 is 1.04 bits per heavy atom. The first kappa shape index (κ1) is 17.1. The number of aryl methyl sites for hydroxylation is 3. The number of nitrogens with zero attached hydrogens (tertiary/aromatic N) is 2. The first-order valence-electron chi connectivity index (χ1n) is 9.37. The van der Waals surface area contributed by atoms with E-state index in [9.17, 15) is 10.1 Å². The highest BCUT2D eigenvalue weighted by molar-refractivity contribution is 7.19.